The van der Waals surface area contributed by atoms with Gasteiger partial charge in [0.1, 0.15) is 11.5 Å². The van der Waals surface area contributed by atoms with Gasteiger partial charge in [0.25, 0.3) is 5.91 Å². The Hall–Kier alpha value is -2.96. The first kappa shape index (κ1) is 22.3. The number of hydrogen-bond acceptors (Lipinski definition) is 4. The van der Waals surface area contributed by atoms with Crippen LogP contribution in [0.5, 0.6) is 0 Å². The van der Waals surface area contributed by atoms with Crippen molar-refractivity contribution in [2.24, 2.45) is 0 Å². The molecule has 0 saturated heterocycles. The van der Waals surface area contributed by atoms with Crippen molar-refractivity contribution in [1.29, 1.82) is 0 Å². The average Bonchev–Trinajstić information content (AvgIpc) is 2.95. The van der Waals surface area contributed by atoms with E-state index in [9.17, 15) is 18.8 Å². The van der Waals surface area contributed by atoms with Crippen LogP contribution in [0.25, 0.3) is 0 Å². The fourth-order valence-electron chi connectivity index (χ4n) is 3.49. The molecule has 1 aromatic heterocycles. The summed E-state index contributed by atoms with van der Waals surface area (Å²) in [6.07, 6.45) is 0. The number of esters is 1. The molecule has 0 aliphatic heterocycles. The molecule has 0 bridgehead atoms. The van der Waals surface area contributed by atoms with Gasteiger partial charge in [-0.2, -0.15) is 0 Å². The predicted molar refractivity (Wildman–Crippen MR) is 108 cm³/mol. The monoisotopic (exact) mass is 402 g/mol. The largest absolute Gasteiger partial charge is 0.461 e. The van der Waals surface area contributed by atoms with Gasteiger partial charge in [0.2, 0.25) is 0 Å². The Labute approximate surface area is 170 Å². The summed E-state index contributed by atoms with van der Waals surface area (Å²) in [6.45, 7) is 10.5. The van der Waals surface area contributed by atoms with Crippen molar-refractivity contribution in [3.05, 3.63) is 58.2 Å². The number of amides is 1. The van der Waals surface area contributed by atoms with E-state index in [1.807, 2.05) is 0 Å². The standard InChI is InChI=1S/C22H27FN2O4/c1-7-29-22(28)19-13(4)18(14(5)24-19)20(26)15(6)25(12(2)3)21(27)16-9-8-10-17(23)11-16/h8-12,15,24H,7H2,1-6H3. The van der Waals surface area contributed by atoms with E-state index in [2.05, 4.69) is 4.98 Å². The number of Topliss-reactive ketones (excluding diaryl/α,β-unsaturated/α-hetero) is 1. The number of carbonyl (C=O) groups is 3. The van der Waals surface area contributed by atoms with Crippen molar-refractivity contribution < 1.29 is 23.5 Å². The molecular weight excluding hydrogens is 375 g/mol. The predicted octanol–water partition coefficient (Wildman–Crippen LogP) is 4.07. The summed E-state index contributed by atoms with van der Waals surface area (Å²) < 4.78 is 18.6. The molecule has 0 fully saturated rings. The first-order valence-corrected chi connectivity index (χ1v) is 9.58. The van der Waals surface area contributed by atoms with Crippen molar-refractivity contribution in [3.8, 4) is 0 Å². The molecule has 0 saturated carbocycles. The van der Waals surface area contributed by atoms with Crippen molar-refractivity contribution in [2.75, 3.05) is 6.61 Å². The lowest BCUT2D eigenvalue weighted by molar-refractivity contribution is 0.0518. The van der Waals surface area contributed by atoms with Crippen LogP contribution in [0.15, 0.2) is 24.3 Å². The Morgan fingerprint density at radius 3 is 2.38 bits per heavy atom. The normalized spacial score (nSPS) is 12.0. The molecule has 0 spiro atoms. The smallest absolute Gasteiger partial charge is 0.355 e. The van der Waals surface area contributed by atoms with Crippen LogP contribution in [0.4, 0.5) is 4.39 Å². The van der Waals surface area contributed by atoms with E-state index in [-0.39, 0.29) is 29.7 Å². The number of aromatic amines is 1. The molecule has 1 aromatic carbocycles. The first-order chi connectivity index (χ1) is 13.6. The zero-order chi connectivity index (χ0) is 21.9. The van der Waals surface area contributed by atoms with E-state index in [1.54, 1.807) is 41.5 Å². The van der Waals surface area contributed by atoms with E-state index in [4.69, 9.17) is 4.74 Å². The van der Waals surface area contributed by atoms with Crippen LogP contribution in [0.2, 0.25) is 0 Å². The Kier molecular flexibility index (Phi) is 6.95. The molecule has 1 unspecified atom stereocenters. The van der Waals surface area contributed by atoms with Gasteiger partial charge >= 0.3 is 5.97 Å². The van der Waals surface area contributed by atoms with Crippen molar-refractivity contribution in [2.45, 2.75) is 53.6 Å². The lowest BCUT2D eigenvalue weighted by Gasteiger charge is -2.32. The van der Waals surface area contributed by atoms with Crippen LogP contribution < -0.4 is 0 Å². The number of nitrogens with zero attached hydrogens (tertiary/aromatic N) is 1. The zero-order valence-corrected chi connectivity index (χ0v) is 17.6. The van der Waals surface area contributed by atoms with Gasteiger partial charge in [-0.1, -0.05) is 6.07 Å². The molecule has 0 aliphatic carbocycles. The molecule has 6 nitrogen and oxygen atoms in total. The number of halogens is 1. The molecule has 1 amide bonds. The van der Waals surface area contributed by atoms with Crippen LogP contribution in [-0.2, 0) is 4.74 Å². The minimum Gasteiger partial charge on any atom is -0.461 e. The first-order valence-electron chi connectivity index (χ1n) is 9.58. The van der Waals surface area contributed by atoms with Crippen LogP contribution >= 0.6 is 0 Å². The number of ether oxygens (including phenoxy) is 1. The second kappa shape index (κ2) is 9.03. The van der Waals surface area contributed by atoms with Gasteiger partial charge in [-0.15, -0.1) is 0 Å². The van der Waals surface area contributed by atoms with Crippen molar-refractivity contribution >= 4 is 17.7 Å². The Bertz CT molecular complexity index is 933. The number of aryl methyl sites for hydroxylation is 1. The number of hydrogen-bond donors (Lipinski definition) is 1. The molecule has 1 N–H and O–H groups in total. The number of ketones is 1. The fraction of sp³-hybridized carbons (Fsp3) is 0.409. The lowest BCUT2D eigenvalue weighted by Crippen LogP contribution is -2.47. The molecule has 156 valence electrons. The minimum absolute atomic E-state index is 0.174. The second-order valence-corrected chi connectivity index (χ2v) is 7.20. The molecule has 0 radical (unpaired) electrons. The van der Waals surface area contributed by atoms with E-state index in [0.717, 1.165) is 6.07 Å². The number of H-pyrrole nitrogens is 1. The quantitative estimate of drug-likeness (QED) is 0.559. The highest BCUT2D eigenvalue weighted by Crippen LogP contribution is 2.24. The van der Waals surface area contributed by atoms with Crippen molar-refractivity contribution in [1.82, 2.24) is 9.88 Å². The van der Waals surface area contributed by atoms with Gasteiger partial charge in [-0.3, -0.25) is 9.59 Å². The number of rotatable bonds is 7. The highest BCUT2D eigenvalue weighted by molar-refractivity contribution is 6.07. The lowest BCUT2D eigenvalue weighted by atomic mass is 9.98. The van der Waals surface area contributed by atoms with E-state index in [1.165, 1.54) is 23.1 Å². The highest BCUT2D eigenvalue weighted by Gasteiger charge is 2.33. The van der Waals surface area contributed by atoms with Crippen LogP contribution in [0, 0.1) is 19.7 Å². The van der Waals surface area contributed by atoms with E-state index < -0.39 is 23.7 Å². The summed E-state index contributed by atoms with van der Waals surface area (Å²) in [5.74, 6) is -1.78. The van der Waals surface area contributed by atoms with Crippen LogP contribution in [0.1, 0.15) is 70.2 Å². The van der Waals surface area contributed by atoms with E-state index in [0.29, 0.717) is 16.8 Å². The molecule has 1 atom stereocenters. The summed E-state index contributed by atoms with van der Waals surface area (Å²) >= 11 is 0. The Morgan fingerprint density at radius 2 is 1.83 bits per heavy atom. The summed E-state index contributed by atoms with van der Waals surface area (Å²) in [5.41, 5.74) is 1.78. The van der Waals surface area contributed by atoms with Crippen LogP contribution in [-0.4, -0.2) is 46.2 Å². The highest BCUT2D eigenvalue weighted by atomic mass is 19.1. The maximum absolute atomic E-state index is 13.6. The second-order valence-electron chi connectivity index (χ2n) is 7.20. The van der Waals surface area contributed by atoms with Gasteiger partial charge in [-0.05, 0) is 65.3 Å². The van der Waals surface area contributed by atoms with Gasteiger partial charge in [0, 0.05) is 22.9 Å². The topological polar surface area (TPSA) is 79.5 Å². The molecule has 0 aliphatic rings. The average molecular weight is 402 g/mol. The summed E-state index contributed by atoms with van der Waals surface area (Å²) in [4.78, 5) is 42.8. The van der Waals surface area contributed by atoms with Gasteiger partial charge in [0.05, 0.1) is 12.6 Å². The zero-order valence-electron chi connectivity index (χ0n) is 17.6. The molecule has 2 aromatic rings. The number of benzene rings is 1. The van der Waals surface area contributed by atoms with E-state index >= 15 is 0 Å². The molecule has 7 heteroatoms. The van der Waals surface area contributed by atoms with Gasteiger partial charge in [-0.25, -0.2) is 9.18 Å². The number of aromatic nitrogens is 1. The number of nitrogens with one attached hydrogen (secondary N) is 1. The third-order valence-electron chi connectivity index (χ3n) is 4.82. The Morgan fingerprint density at radius 1 is 1.17 bits per heavy atom. The van der Waals surface area contributed by atoms with Gasteiger partial charge in [0.15, 0.2) is 5.78 Å². The maximum Gasteiger partial charge on any atom is 0.355 e. The number of carbonyl (C=O) groups excluding carboxylic acids is 3. The fourth-order valence-corrected chi connectivity index (χ4v) is 3.49. The van der Waals surface area contributed by atoms with Crippen molar-refractivity contribution in [3.63, 3.8) is 0 Å². The van der Waals surface area contributed by atoms with Gasteiger partial charge < -0.3 is 14.6 Å². The molecule has 2 rings (SSSR count). The molecule has 29 heavy (non-hydrogen) atoms. The molecular formula is C22H27FN2O4. The summed E-state index contributed by atoms with van der Waals surface area (Å²) in [6, 6.07) is 4.28. The third kappa shape index (κ3) is 4.55. The maximum atomic E-state index is 13.6. The SMILES string of the molecule is CCOC(=O)c1[nH]c(C)c(C(=O)C(C)N(C(=O)c2cccc(F)c2)C(C)C)c1C. The van der Waals surface area contributed by atoms with Crippen LogP contribution in [0.3, 0.4) is 0 Å². The summed E-state index contributed by atoms with van der Waals surface area (Å²) in [7, 11) is 0. The minimum atomic E-state index is -0.811. The summed E-state index contributed by atoms with van der Waals surface area (Å²) in [5, 5.41) is 0. The third-order valence-corrected chi connectivity index (χ3v) is 4.82. The molecule has 1 heterocycles. The Balaban J connectivity index is 2.40.